The normalized spacial score (nSPS) is 10.5. The SMILES string of the molecule is COC(=O)c1cc(N)ncc1-c1cccc(OC(C)C)c1. The van der Waals surface area contributed by atoms with Gasteiger partial charge >= 0.3 is 5.97 Å². The number of methoxy groups -OCH3 is 1. The van der Waals surface area contributed by atoms with E-state index >= 15 is 0 Å². The fraction of sp³-hybridized carbons (Fsp3) is 0.250. The van der Waals surface area contributed by atoms with E-state index in [1.165, 1.54) is 13.2 Å². The van der Waals surface area contributed by atoms with Gasteiger partial charge in [0.2, 0.25) is 0 Å². The summed E-state index contributed by atoms with van der Waals surface area (Å²) in [6, 6.07) is 8.99. The van der Waals surface area contributed by atoms with Gasteiger partial charge in [-0.15, -0.1) is 0 Å². The Bertz CT molecular complexity index is 654. The minimum Gasteiger partial charge on any atom is -0.491 e. The summed E-state index contributed by atoms with van der Waals surface area (Å²) in [5.41, 5.74) is 7.51. The highest BCUT2D eigenvalue weighted by molar-refractivity contribution is 5.97. The number of benzene rings is 1. The molecule has 2 N–H and O–H groups in total. The molecule has 5 heteroatoms. The van der Waals surface area contributed by atoms with Gasteiger partial charge in [0.15, 0.2) is 0 Å². The number of pyridine rings is 1. The van der Waals surface area contributed by atoms with Crippen molar-refractivity contribution in [1.29, 1.82) is 0 Å². The van der Waals surface area contributed by atoms with Crippen molar-refractivity contribution in [2.75, 3.05) is 12.8 Å². The number of hydrogen-bond acceptors (Lipinski definition) is 5. The molecule has 1 aromatic heterocycles. The van der Waals surface area contributed by atoms with E-state index in [0.717, 1.165) is 11.3 Å². The summed E-state index contributed by atoms with van der Waals surface area (Å²) in [5, 5.41) is 0. The molecule has 0 fully saturated rings. The number of carbonyl (C=O) groups excluding carboxylic acids is 1. The maximum absolute atomic E-state index is 11.9. The monoisotopic (exact) mass is 286 g/mol. The maximum atomic E-state index is 11.9. The lowest BCUT2D eigenvalue weighted by molar-refractivity contribution is 0.0601. The van der Waals surface area contributed by atoms with E-state index in [9.17, 15) is 4.79 Å². The lowest BCUT2D eigenvalue weighted by atomic mass is 10.0. The van der Waals surface area contributed by atoms with E-state index in [-0.39, 0.29) is 11.9 Å². The molecule has 0 atom stereocenters. The van der Waals surface area contributed by atoms with Crippen molar-refractivity contribution in [3.8, 4) is 16.9 Å². The van der Waals surface area contributed by atoms with Gasteiger partial charge in [-0.3, -0.25) is 0 Å². The molecule has 21 heavy (non-hydrogen) atoms. The predicted octanol–water partition coefficient (Wildman–Crippen LogP) is 2.90. The molecule has 0 radical (unpaired) electrons. The smallest absolute Gasteiger partial charge is 0.338 e. The van der Waals surface area contributed by atoms with Crippen molar-refractivity contribution in [2.24, 2.45) is 0 Å². The van der Waals surface area contributed by atoms with Crippen molar-refractivity contribution >= 4 is 11.8 Å². The zero-order chi connectivity index (χ0) is 15.4. The number of aromatic nitrogens is 1. The Morgan fingerprint density at radius 1 is 1.29 bits per heavy atom. The van der Waals surface area contributed by atoms with Gasteiger partial charge in [-0.25, -0.2) is 9.78 Å². The Balaban J connectivity index is 2.48. The zero-order valence-corrected chi connectivity index (χ0v) is 12.3. The van der Waals surface area contributed by atoms with Crippen LogP contribution in [0.3, 0.4) is 0 Å². The molecule has 0 spiro atoms. The average molecular weight is 286 g/mol. The summed E-state index contributed by atoms with van der Waals surface area (Å²) in [4.78, 5) is 15.9. The first-order valence-corrected chi connectivity index (χ1v) is 6.62. The van der Waals surface area contributed by atoms with Gasteiger partial charge in [0.25, 0.3) is 0 Å². The molecule has 110 valence electrons. The molecule has 0 saturated carbocycles. The number of anilines is 1. The van der Waals surface area contributed by atoms with Crippen LogP contribution in [0.15, 0.2) is 36.5 Å². The van der Waals surface area contributed by atoms with Crippen LogP contribution < -0.4 is 10.5 Å². The highest BCUT2D eigenvalue weighted by Crippen LogP contribution is 2.28. The van der Waals surface area contributed by atoms with Crippen molar-refractivity contribution in [3.63, 3.8) is 0 Å². The van der Waals surface area contributed by atoms with Crippen LogP contribution in [0, 0.1) is 0 Å². The molecule has 5 nitrogen and oxygen atoms in total. The Kier molecular flexibility index (Phi) is 4.42. The van der Waals surface area contributed by atoms with Crippen LogP contribution in [0.25, 0.3) is 11.1 Å². The molecular weight excluding hydrogens is 268 g/mol. The largest absolute Gasteiger partial charge is 0.491 e. The van der Waals surface area contributed by atoms with E-state index in [2.05, 4.69) is 4.98 Å². The molecule has 0 amide bonds. The standard InChI is InChI=1S/C16H18N2O3/c1-10(2)21-12-6-4-5-11(7-12)14-9-18-15(17)8-13(14)16(19)20-3/h4-10H,1-3H3,(H2,17,18). The summed E-state index contributed by atoms with van der Waals surface area (Å²) in [5.74, 6) is 0.554. The molecule has 1 heterocycles. The minimum atomic E-state index is -0.450. The fourth-order valence-electron chi connectivity index (χ4n) is 1.99. The third-order valence-electron chi connectivity index (χ3n) is 2.85. The van der Waals surface area contributed by atoms with E-state index in [1.54, 1.807) is 6.20 Å². The highest BCUT2D eigenvalue weighted by Gasteiger charge is 2.15. The summed E-state index contributed by atoms with van der Waals surface area (Å²) in [6.45, 7) is 3.91. The van der Waals surface area contributed by atoms with Crippen LogP contribution in [0.5, 0.6) is 5.75 Å². The van der Waals surface area contributed by atoms with Crippen LogP contribution in [-0.2, 0) is 4.74 Å². The van der Waals surface area contributed by atoms with Crippen LogP contribution in [0.4, 0.5) is 5.82 Å². The second-order valence-corrected chi connectivity index (χ2v) is 4.84. The number of rotatable bonds is 4. The number of nitrogens with two attached hydrogens (primary N) is 1. The second-order valence-electron chi connectivity index (χ2n) is 4.84. The predicted molar refractivity (Wildman–Crippen MR) is 81.2 cm³/mol. The first kappa shape index (κ1) is 14.8. The molecule has 2 aromatic rings. The third-order valence-corrected chi connectivity index (χ3v) is 2.85. The summed E-state index contributed by atoms with van der Waals surface area (Å²) >= 11 is 0. The number of ether oxygens (including phenoxy) is 2. The van der Waals surface area contributed by atoms with E-state index < -0.39 is 5.97 Å². The van der Waals surface area contributed by atoms with Gasteiger partial charge in [0.05, 0.1) is 18.8 Å². The molecule has 0 unspecified atom stereocenters. The van der Waals surface area contributed by atoms with E-state index in [0.29, 0.717) is 11.1 Å². The van der Waals surface area contributed by atoms with Crippen molar-refractivity contribution < 1.29 is 14.3 Å². The van der Waals surface area contributed by atoms with Gasteiger partial charge in [-0.2, -0.15) is 0 Å². The minimum absolute atomic E-state index is 0.0740. The molecule has 1 aromatic carbocycles. The van der Waals surface area contributed by atoms with Crippen molar-refractivity contribution in [2.45, 2.75) is 20.0 Å². The lowest BCUT2D eigenvalue weighted by Gasteiger charge is -2.12. The van der Waals surface area contributed by atoms with Crippen LogP contribution in [0.2, 0.25) is 0 Å². The Morgan fingerprint density at radius 2 is 2.05 bits per heavy atom. The van der Waals surface area contributed by atoms with Gasteiger partial charge in [-0.05, 0) is 37.6 Å². The Morgan fingerprint density at radius 3 is 2.71 bits per heavy atom. The number of hydrogen-bond donors (Lipinski definition) is 1. The topological polar surface area (TPSA) is 74.4 Å². The lowest BCUT2D eigenvalue weighted by Crippen LogP contribution is -2.07. The van der Waals surface area contributed by atoms with Crippen LogP contribution >= 0.6 is 0 Å². The van der Waals surface area contributed by atoms with E-state index in [1.807, 2.05) is 38.1 Å². The summed E-state index contributed by atoms with van der Waals surface area (Å²) in [7, 11) is 1.33. The molecule has 0 aliphatic carbocycles. The molecule has 0 saturated heterocycles. The summed E-state index contributed by atoms with van der Waals surface area (Å²) < 4.78 is 10.5. The zero-order valence-electron chi connectivity index (χ0n) is 12.3. The van der Waals surface area contributed by atoms with Crippen molar-refractivity contribution in [3.05, 3.63) is 42.1 Å². The Labute approximate surface area is 123 Å². The van der Waals surface area contributed by atoms with Crippen LogP contribution in [0.1, 0.15) is 24.2 Å². The molecule has 0 aliphatic rings. The molecular formula is C16H18N2O3. The summed E-state index contributed by atoms with van der Waals surface area (Å²) in [6.07, 6.45) is 1.64. The molecule has 0 aliphatic heterocycles. The number of carbonyl (C=O) groups is 1. The fourth-order valence-corrected chi connectivity index (χ4v) is 1.99. The van der Waals surface area contributed by atoms with E-state index in [4.69, 9.17) is 15.2 Å². The van der Waals surface area contributed by atoms with Gasteiger partial charge < -0.3 is 15.2 Å². The van der Waals surface area contributed by atoms with Gasteiger partial charge in [0, 0.05) is 11.8 Å². The third kappa shape index (κ3) is 3.51. The number of esters is 1. The van der Waals surface area contributed by atoms with Gasteiger partial charge in [-0.1, -0.05) is 12.1 Å². The molecule has 0 bridgehead atoms. The van der Waals surface area contributed by atoms with Crippen LogP contribution in [-0.4, -0.2) is 24.2 Å². The first-order chi connectivity index (χ1) is 10.0. The first-order valence-electron chi connectivity index (χ1n) is 6.62. The maximum Gasteiger partial charge on any atom is 0.338 e. The quantitative estimate of drug-likeness (QED) is 0.875. The van der Waals surface area contributed by atoms with Gasteiger partial charge in [0.1, 0.15) is 11.6 Å². The number of nitrogens with zero attached hydrogens (tertiary/aromatic N) is 1. The highest BCUT2D eigenvalue weighted by atomic mass is 16.5. The Hall–Kier alpha value is -2.56. The second kappa shape index (κ2) is 6.26. The molecule has 2 rings (SSSR count). The van der Waals surface area contributed by atoms with Crippen molar-refractivity contribution in [1.82, 2.24) is 4.98 Å². The average Bonchev–Trinajstić information content (AvgIpc) is 2.46. The number of nitrogen functional groups attached to an aromatic ring is 1.